The van der Waals surface area contributed by atoms with Gasteiger partial charge in [0, 0.05) is 40.6 Å². The molecular weight excluding hydrogens is 490 g/mol. The molecule has 11 heteroatoms. The van der Waals surface area contributed by atoms with Crippen molar-refractivity contribution in [1.82, 2.24) is 19.3 Å². The Bertz CT molecular complexity index is 1370. The first-order valence-corrected chi connectivity index (χ1v) is 14.3. The zero-order valence-electron chi connectivity index (χ0n) is 18.4. The van der Waals surface area contributed by atoms with E-state index < -0.39 is 10.0 Å². The third-order valence-electron chi connectivity index (χ3n) is 5.51. The van der Waals surface area contributed by atoms with Crippen LogP contribution in [0.4, 0.5) is 11.5 Å². The lowest BCUT2D eigenvalue weighted by Gasteiger charge is -2.30. The minimum absolute atomic E-state index is 0.0284. The molecule has 4 aromatic rings. The minimum atomic E-state index is -3.15. The summed E-state index contributed by atoms with van der Waals surface area (Å²) in [6.45, 7) is 0.952. The van der Waals surface area contributed by atoms with E-state index in [-0.39, 0.29) is 6.10 Å². The Hall–Kier alpha value is -2.73. The second-order valence-corrected chi connectivity index (χ2v) is 12.1. The van der Waals surface area contributed by atoms with E-state index in [1.807, 2.05) is 35.7 Å². The molecule has 34 heavy (non-hydrogen) atoms. The highest BCUT2D eigenvalue weighted by atomic mass is 32.2. The van der Waals surface area contributed by atoms with Gasteiger partial charge in [-0.3, -0.25) is 0 Å². The molecule has 2 aromatic heterocycles. The summed E-state index contributed by atoms with van der Waals surface area (Å²) in [5, 5.41) is 6.21. The largest absolute Gasteiger partial charge is 0.490 e. The summed E-state index contributed by atoms with van der Waals surface area (Å²) in [5.41, 5.74) is 1.73. The number of hydrogen-bond acceptors (Lipinski definition) is 9. The third kappa shape index (κ3) is 5.49. The van der Waals surface area contributed by atoms with E-state index >= 15 is 0 Å². The third-order valence-corrected chi connectivity index (χ3v) is 8.71. The lowest BCUT2D eigenvalue weighted by atomic mass is 10.1. The number of sulfonamides is 1. The van der Waals surface area contributed by atoms with Crippen LogP contribution in [0.1, 0.15) is 12.8 Å². The highest BCUT2D eigenvalue weighted by molar-refractivity contribution is 8.01. The topological polar surface area (TPSA) is 97.3 Å². The molecule has 1 N–H and O–H groups in total. The van der Waals surface area contributed by atoms with E-state index in [9.17, 15) is 8.42 Å². The van der Waals surface area contributed by atoms with E-state index in [4.69, 9.17) is 4.74 Å². The first-order chi connectivity index (χ1) is 16.4. The Kier molecular flexibility index (Phi) is 6.68. The van der Waals surface area contributed by atoms with Gasteiger partial charge in [-0.05, 0) is 55.3 Å². The average molecular weight is 514 g/mol. The number of anilines is 2. The van der Waals surface area contributed by atoms with Gasteiger partial charge in [0.2, 0.25) is 10.0 Å². The summed E-state index contributed by atoms with van der Waals surface area (Å²) in [6.07, 6.45) is 5.89. The molecule has 1 fully saturated rings. The molecule has 0 amide bonds. The maximum absolute atomic E-state index is 11.7. The number of rotatable bonds is 7. The fraction of sp³-hybridized carbons (Fsp3) is 0.261. The molecular formula is C23H23N5O3S3. The number of hydrogen-bond donors (Lipinski definition) is 1. The molecule has 8 nitrogen and oxygen atoms in total. The zero-order valence-corrected chi connectivity index (χ0v) is 20.9. The predicted octanol–water partition coefficient (Wildman–Crippen LogP) is 4.78. The standard InChI is InChI=1S/C23H23N5O3S3/c1-34(29,30)28-11-8-17(9-12-28)31-18-4-7-21-20(14-18)22(26-15-25-21)27-16-2-5-19(6-3-16)33-23-24-10-13-32-23/h2-7,10,13-15,17H,8-9,11-12H2,1H3,(H,25,26,27). The Labute approximate surface area is 206 Å². The Morgan fingerprint density at radius 3 is 2.59 bits per heavy atom. The van der Waals surface area contributed by atoms with Gasteiger partial charge in [0.05, 0.1) is 11.8 Å². The summed E-state index contributed by atoms with van der Waals surface area (Å²) >= 11 is 3.25. The summed E-state index contributed by atoms with van der Waals surface area (Å²) in [7, 11) is -3.15. The maximum atomic E-state index is 11.7. The van der Waals surface area contributed by atoms with E-state index in [1.165, 1.54) is 10.6 Å². The van der Waals surface area contributed by atoms with Gasteiger partial charge in [0.1, 0.15) is 24.0 Å². The molecule has 2 aromatic carbocycles. The van der Waals surface area contributed by atoms with Gasteiger partial charge in [0.15, 0.2) is 4.34 Å². The SMILES string of the molecule is CS(=O)(=O)N1CCC(Oc2ccc3ncnc(Nc4ccc(Sc5nccs5)cc4)c3c2)CC1. The second-order valence-electron chi connectivity index (χ2n) is 7.93. The van der Waals surface area contributed by atoms with Gasteiger partial charge >= 0.3 is 0 Å². The second kappa shape index (κ2) is 9.87. The van der Waals surface area contributed by atoms with Gasteiger partial charge < -0.3 is 10.1 Å². The molecule has 0 radical (unpaired) electrons. The fourth-order valence-electron chi connectivity index (χ4n) is 3.79. The van der Waals surface area contributed by atoms with Crippen LogP contribution in [-0.4, -0.2) is 53.1 Å². The van der Waals surface area contributed by atoms with Crippen molar-refractivity contribution in [2.45, 2.75) is 28.2 Å². The average Bonchev–Trinajstić information content (AvgIpc) is 3.34. The van der Waals surface area contributed by atoms with Crippen LogP contribution in [-0.2, 0) is 10.0 Å². The molecule has 1 saturated heterocycles. The first kappa shape index (κ1) is 23.0. The number of benzene rings is 2. The molecule has 0 bridgehead atoms. The van der Waals surface area contributed by atoms with Gasteiger partial charge in [-0.15, -0.1) is 11.3 Å². The van der Waals surface area contributed by atoms with Crippen LogP contribution in [0.5, 0.6) is 5.75 Å². The van der Waals surface area contributed by atoms with Crippen molar-refractivity contribution in [3.63, 3.8) is 0 Å². The number of fused-ring (bicyclic) bond motifs is 1. The van der Waals surface area contributed by atoms with Gasteiger partial charge in [-0.25, -0.2) is 27.7 Å². The molecule has 5 rings (SSSR count). The molecule has 1 aliphatic rings. The molecule has 176 valence electrons. The summed E-state index contributed by atoms with van der Waals surface area (Å²) < 4.78 is 32.2. The van der Waals surface area contributed by atoms with E-state index in [0.717, 1.165) is 31.6 Å². The summed E-state index contributed by atoms with van der Waals surface area (Å²) in [4.78, 5) is 14.2. The highest BCUT2D eigenvalue weighted by Crippen LogP contribution is 2.32. The number of aromatic nitrogens is 3. The number of nitrogens with one attached hydrogen (secondary N) is 1. The predicted molar refractivity (Wildman–Crippen MR) is 136 cm³/mol. The monoisotopic (exact) mass is 513 g/mol. The van der Waals surface area contributed by atoms with E-state index in [1.54, 1.807) is 35.6 Å². The number of piperidine rings is 1. The van der Waals surface area contributed by atoms with Gasteiger partial charge in [-0.2, -0.15) is 0 Å². The van der Waals surface area contributed by atoms with E-state index in [2.05, 4.69) is 32.4 Å². The van der Waals surface area contributed by atoms with Crippen LogP contribution in [0.15, 0.2) is 69.6 Å². The first-order valence-electron chi connectivity index (χ1n) is 10.7. The molecule has 0 spiro atoms. The number of nitrogens with zero attached hydrogens (tertiary/aromatic N) is 4. The van der Waals surface area contributed by atoms with Crippen LogP contribution in [0, 0.1) is 0 Å². The summed E-state index contributed by atoms with van der Waals surface area (Å²) in [5.74, 6) is 1.42. The Balaban J connectivity index is 1.29. The smallest absolute Gasteiger partial charge is 0.211 e. The van der Waals surface area contributed by atoms with Crippen molar-refractivity contribution in [3.8, 4) is 5.75 Å². The molecule has 0 atom stereocenters. The maximum Gasteiger partial charge on any atom is 0.211 e. The van der Waals surface area contributed by atoms with Crippen molar-refractivity contribution in [3.05, 3.63) is 60.4 Å². The van der Waals surface area contributed by atoms with Crippen LogP contribution >= 0.6 is 23.1 Å². The fourth-order valence-corrected chi connectivity index (χ4v) is 6.26. The van der Waals surface area contributed by atoms with Crippen LogP contribution in [0.3, 0.4) is 0 Å². The lowest BCUT2D eigenvalue weighted by molar-refractivity contribution is 0.135. The Morgan fingerprint density at radius 2 is 1.88 bits per heavy atom. The van der Waals surface area contributed by atoms with Crippen LogP contribution in [0.25, 0.3) is 10.9 Å². The number of thiazole rings is 1. The molecule has 0 unspecified atom stereocenters. The molecule has 0 saturated carbocycles. The van der Waals surface area contributed by atoms with Gasteiger partial charge in [-0.1, -0.05) is 11.8 Å². The molecule has 1 aliphatic heterocycles. The Morgan fingerprint density at radius 1 is 1.09 bits per heavy atom. The van der Waals surface area contributed by atoms with E-state index in [0.29, 0.717) is 31.7 Å². The minimum Gasteiger partial charge on any atom is -0.490 e. The lowest BCUT2D eigenvalue weighted by Crippen LogP contribution is -2.41. The quantitative estimate of drug-likeness (QED) is 0.377. The van der Waals surface area contributed by atoms with Crippen LogP contribution in [0.2, 0.25) is 0 Å². The molecule has 0 aliphatic carbocycles. The van der Waals surface area contributed by atoms with Crippen molar-refractivity contribution in [1.29, 1.82) is 0 Å². The van der Waals surface area contributed by atoms with Crippen molar-refractivity contribution in [2.75, 3.05) is 24.7 Å². The number of ether oxygens (including phenoxy) is 1. The highest BCUT2D eigenvalue weighted by Gasteiger charge is 2.26. The van der Waals surface area contributed by atoms with Crippen molar-refractivity contribution >= 4 is 55.5 Å². The molecule has 3 heterocycles. The van der Waals surface area contributed by atoms with Crippen molar-refractivity contribution in [2.24, 2.45) is 0 Å². The normalized spacial score (nSPS) is 15.4. The van der Waals surface area contributed by atoms with Gasteiger partial charge in [0.25, 0.3) is 0 Å². The summed E-state index contributed by atoms with van der Waals surface area (Å²) in [6, 6.07) is 13.9. The van der Waals surface area contributed by atoms with Crippen molar-refractivity contribution < 1.29 is 13.2 Å². The zero-order chi connectivity index (χ0) is 23.5. The van der Waals surface area contributed by atoms with Crippen LogP contribution < -0.4 is 10.1 Å².